The summed E-state index contributed by atoms with van der Waals surface area (Å²) in [5.74, 6) is 0.995. The molecule has 4 aliphatic rings. The van der Waals surface area contributed by atoms with Gasteiger partial charge >= 0.3 is 0 Å². The molecule has 4 aromatic rings. The lowest BCUT2D eigenvalue weighted by Gasteiger charge is -2.46. The van der Waals surface area contributed by atoms with Crippen molar-refractivity contribution >= 4 is 28.9 Å². The van der Waals surface area contributed by atoms with Crippen LogP contribution >= 0.6 is 0 Å². The number of hydrogen-bond donors (Lipinski definition) is 1. The third-order valence-electron chi connectivity index (χ3n) is 10.4. The number of fused-ring (bicyclic) bond motifs is 3. The first-order valence-electron chi connectivity index (χ1n) is 16.8. The van der Waals surface area contributed by atoms with E-state index in [0.717, 1.165) is 51.4 Å². The molecule has 2 fully saturated rings. The fourth-order valence-corrected chi connectivity index (χ4v) is 7.80. The van der Waals surface area contributed by atoms with Crippen LogP contribution in [0.3, 0.4) is 0 Å². The lowest BCUT2D eigenvalue weighted by Crippen LogP contribution is -2.59. The zero-order valence-corrected chi connectivity index (χ0v) is 28.1. The van der Waals surface area contributed by atoms with Gasteiger partial charge in [-0.3, -0.25) is 19.4 Å². The molecule has 12 nitrogen and oxygen atoms in total. The van der Waals surface area contributed by atoms with Gasteiger partial charge in [-0.2, -0.15) is 5.10 Å². The molecule has 0 bridgehead atoms. The van der Waals surface area contributed by atoms with Gasteiger partial charge in [0.1, 0.15) is 23.0 Å². The molecule has 0 spiro atoms. The first kappa shape index (κ1) is 30.8. The molecule has 0 aromatic carbocycles. The molecule has 1 radical (unpaired) electrons. The van der Waals surface area contributed by atoms with Gasteiger partial charge in [0, 0.05) is 68.8 Å². The molecule has 1 atom stereocenters. The molecule has 1 N–H and O–H groups in total. The largest absolute Gasteiger partial charge is 0.378 e. The van der Waals surface area contributed by atoms with Crippen LogP contribution in [0.2, 0.25) is 0 Å². The second kappa shape index (κ2) is 11.6. The molecule has 48 heavy (non-hydrogen) atoms. The van der Waals surface area contributed by atoms with E-state index in [0.29, 0.717) is 65.0 Å². The number of nitrogens with zero attached hydrogens (tertiary/aromatic N) is 8. The Morgan fingerprint density at radius 3 is 2.58 bits per heavy atom. The fraction of sp³-hybridized carbons (Fsp3) is 0.444. The smallest absolute Gasteiger partial charge is 0.290 e. The van der Waals surface area contributed by atoms with Gasteiger partial charge in [-0.15, -0.1) is 0 Å². The standard InChI is InChI=1S/C36H42N9O3/c1-22-19-42(26-20-48-21-26)10-11-43(22)25-6-7-32(38-18-25)39-29-15-28(40-41(5)34(29)46)27-8-9-37-33(23(27)2)45-13-12-44-30(35(45)47)14-24-16-36(3,4)17-31(24)44/h6-9,14-15,18,22,26H,2,10-13,16-17,19-21H2,1,3-5H3,(H,38,39)/t22-/m0/s1. The molecule has 2 saturated heterocycles. The van der Waals surface area contributed by atoms with Crippen molar-refractivity contribution in [3.63, 3.8) is 0 Å². The molecule has 1 amide bonds. The highest BCUT2D eigenvalue weighted by molar-refractivity contribution is 6.06. The predicted octanol–water partition coefficient (Wildman–Crippen LogP) is 3.66. The number of ether oxygens (including phenoxy) is 1. The Balaban J connectivity index is 1.02. The summed E-state index contributed by atoms with van der Waals surface area (Å²) in [6.45, 7) is 16.9. The van der Waals surface area contributed by atoms with Gasteiger partial charge in [-0.05, 0) is 68.0 Å². The van der Waals surface area contributed by atoms with E-state index in [1.807, 2.05) is 24.4 Å². The highest BCUT2D eigenvalue weighted by Crippen LogP contribution is 2.40. The number of anilines is 4. The number of piperazine rings is 1. The van der Waals surface area contributed by atoms with Crippen LogP contribution in [0.15, 0.2) is 47.5 Å². The van der Waals surface area contributed by atoms with Crippen molar-refractivity contribution in [3.8, 4) is 11.3 Å². The zero-order valence-electron chi connectivity index (χ0n) is 28.1. The number of nitrogens with one attached hydrogen (secondary N) is 1. The van der Waals surface area contributed by atoms with E-state index in [4.69, 9.17) is 4.74 Å². The first-order valence-corrected chi connectivity index (χ1v) is 16.8. The van der Waals surface area contributed by atoms with E-state index in [1.54, 1.807) is 24.2 Å². The molecular formula is C36H42N9O3. The molecule has 0 unspecified atom stereocenters. The second-order valence-corrected chi connectivity index (χ2v) is 14.4. The summed E-state index contributed by atoms with van der Waals surface area (Å²) in [5, 5.41) is 7.77. The molecule has 8 rings (SSSR count). The maximum atomic E-state index is 13.8. The monoisotopic (exact) mass is 648 g/mol. The summed E-state index contributed by atoms with van der Waals surface area (Å²) >= 11 is 0. The number of hydrogen-bond acceptors (Lipinski definition) is 9. The molecule has 7 heterocycles. The van der Waals surface area contributed by atoms with Crippen LogP contribution in [0, 0.1) is 12.3 Å². The maximum Gasteiger partial charge on any atom is 0.290 e. The van der Waals surface area contributed by atoms with E-state index in [-0.39, 0.29) is 16.9 Å². The molecule has 3 aliphatic heterocycles. The van der Waals surface area contributed by atoms with E-state index in [1.165, 1.54) is 15.9 Å². The Morgan fingerprint density at radius 2 is 1.85 bits per heavy atom. The van der Waals surface area contributed by atoms with E-state index in [2.05, 4.69) is 68.5 Å². The van der Waals surface area contributed by atoms with Crippen LogP contribution in [0.5, 0.6) is 0 Å². The summed E-state index contributed by atoms with van der Waals surface area (Å²) in [4.78, 5) is 42.9. The normalized spacial score (nSPS) is 20.9. The van der Waals surface area contributed by atoms with Gasteiger partial charge in [0.2, 0.25) is 0 Å². The Labute approximate surface area is 280 Å². The minimum absolute atomic E-state index is 0.0717. The van der Waals surface area contributed by atoms with Crippen LogP contribution in [0.4, 0.5) is 23.0 Å². The number of pyridine rings is 2. The van der Waals surface area contributed by atoms with Gasteiger partial charge in [-0.25, -0.2) is 14.6 Å². The zero-order chi connectivity index (χ0) is 33.3. The van der Waals surface area contributed by atoms with E-state index >= 15 is 0 Å². The molecule has 249 valence electrons. The molecule has 0 saturated carbocycles. The lowest BCUT2D eigenvalue weighted by molar-refractivity contribution is -0.0691. The first-order chi connectivity index (χ1) is 23.1. The molecular weight excluding hydrogens is 606 g/mol. The number of carbonyl (C=O) groups excluding carboxylic acids is 1. The van der Waals surface area contributed by atoms with Gasteiger partial charge in [0.15, 0.2) is 0 Å². The van der Waals surface area contributed by atoms with Gasteiger partial charge in [0.05, 0.1) is 36.8 Å². The van der Waals surface area contributed by atoms with Crippen molar-refractivity contribution in [2.75, 3.05) is 54.5 Å². The van der Waals surface area contributed by atoms with Crippen molar-refractivity contribution in [1.29, 1.82) is 0 Å². The number of aromatic nitrogens is 5. The van der Waals surface area contributed by atoms with Crippen molar-refractivity contribution in [2.45, 2.75) is 52.2 Å². The minimum Gasteiger partial charge on any atom is -0.378 e. The Bertz CT molecular complexity index is 1960. The van der Waals surface area contributed by atoms with Crippen molar-refractivity contribution in [3.05, 3.63) is 82.5 Å². The summed E-state index contributed by atoms with van der Waals surface area (Å²) in [7, 11) is 1.62. The molecule has 12 heteroatoms. The van der Waals surface area contributed by atoms with Crippen molar-refractivity contribution < 1.29 is 9.53 Å². The van der Waals surface area contributed by atoms with Crippen molar-refractivity contribution in [2.24, 2.45) is 12.5 Å². The second-order valence-electron chi connectivity index (χ2n) is 14.4. The van der Waals surface area contributed by atoms with E-state index < -0.39 is 0 Å². The highest BCUT2D eigenvalue weighted by Gasteiger charge is 2.37. The Hall–Kier alpha value is -4.55. The maximum absolute atomic E-state index is 13.8. The average Bonchev–Trinajstić information content (AvgIpc) is 3.52. The summed E-state index contributed by atoms with van der Waals surface area (Å²) in [6.07, 6.45) is 5.49. The number of rotatable bonds is 6. The van der Waals surface area contributed by atoms with Gasteiger partial charge in [0.25, 0.3) is 11.5 Å². The quantitative estimate of drug-likeness (QED) is 0.335. The van der Waals surface area contributed by atoms with Crippen LogP contribution < -0.4 is 20.7 Å². The topological polar surface area (TPSA) is 114 Å². The molecule has 1 aliphatic carbocycles. The summed E-state index contributed by atoms with van der Waals surface area (Å²) in [6, 6.07) is 10.4. The Morgan fingerprint density at radius 1 is 1.02 bits per heavy atom. The fourth-order valence-electron chi connectivity index (χ4n) is 7.80. The van der Waals surface area contributed by atoms with Gasteiger partial charge in [-0.1, -0.05) is 13.8 Å². The Kier molecular flexibility index (Phi) is 7.40. The summed E-state index contributed by atoms with van der Waals surface area (Å²) < 4.78 is 8.89. The van der Waals surface area contributed by atoms with Crippen LogP contribution in [0.25, 0.3) is 11.3 Å². The molecule has 4 aromatic heterocycles. The number of aryl methyl sites for hydroxylation is 1. The van der Waals surface area contributed by atoms with Crippen LogP contribution in [0.1, 0.15) is 48.1 Å². The predicted molar refractivity (Wildman–Crippen MR) is 185 cm³/mol. The van der Waals surface area contributed by atoms with Gasteiger partial charge < -0.3 is 19.5 Å². The van der Waals surface area contributed by atoms with Crippen molar-refractivity contribution in [1.82, 2.24) is 29.2 Å². The van der Waals surface area contributed by atoms with E-state index in [9.17, 15) is 9.59 Å². The minimum atomic E-state index is -0.280. The SMILES string of the molecule is [CH2]c1c(-c2cc(Nc3ccc(N4CCN(C5COC5)C[C@@H]4C)cn3)c(=O)n(C)n2)ccnc1N1CCn2c(cc3c2CC(C)(C)C3)C1=O. The third-order valence-corrected chi connectivity index (χ3v) is 10.4. The number of amides is 1. The summed E-state index contributed by atoms with van der Waals surface area (Å²) in [5.41, 5.74) is 6.42. The average molecular weight is 649 g/mol. The number of carbonyl (C=O) groups is 1. The van der Waals surface area contributed by atoms with Crippen LogP contribution in [-0.4, -0.2) is 86.6 Å². The lowest BCUT2D eigenvalue weighted by atomic mass is 9.90. The third kappa shape index (κ3) is 5.27. The van der Waals surface area contributed by atoms with Crippen LogP contribution in [-0.2, 0) is 31.2 Å². The highest BCUT2D eigenvalue weighted by atomic mass is 16.5.